The molecule has 0 heterocycles. The molecule has 0 aliphatic rings. The van der Waals surface area contributed by atoms with E-state index in [1.165, 1.54) is 47.8 Å². The number of nitrogens with zero attached hydrogens (tertiary/aromatic N) is 1. The molecule has 0 spiro atoms. The van der Waals surface area contributed by atoms with Crippen LogP contribution < -0.4 is 3.71 Å². The summed E-state index contributed by atoms with van der Waals surface area (Å²) < 4.78 is 63.0. The van der Waals surface area contributed by atoms with Crippen LogP contribution in [0.15, 0.2) is 30.3 Å². The van der Waals surface area contributed by atoms with E-state index in [9.17, 15) is 21.2 Å². The van der Waals surface area contributed by atoms with Crippen LogP contribution in [-0.4, -0.2) is 65.3 Å². The van der Waals surface area contributed by atoms with E-state index in [-0.39, 0.29) is 9.40 Å². The molecule has 0 unspecified atom stereocenters. The molecule has 13 heteroatoms. The Hall–Kier alpha value is -0.825. The standard InChI is InChI=1S/C8H15B5FNO4S2/c9-7(10,11)20(16,17)15(6-4-2-1-3-5-6)21(18,19)8(12,13)14/h1-5H,9-13H2. The first-order valence-electron chi connectivity index (χ1n) is 6.26. The molecule has 0 fully saturated rings. The van der Waals surface area contributed by atoms with Crippen LogP contribution in [0.3, 0.4) is 0 Å². The maximum absolute atomic E-state index is 14.1. The number of sulfonamides is 2. The Morgan fingerprint density at radius 3 is 1.62 bits per heavy atom. The lowest BCUT2D eigenvalue weighted by atomic mass is 9.56. The fourth-order valence-electron chi connectivity index (χ4n) is 1.40. The van der Waals surface area contributed by atoms with Crippen LogP contribution in [0, 0.1) is 0 Å². The zero-order valence-electron chi connectivity index (χ0n) is 12.7. The van der Waals surface area contributed by atoms with Crippen molar-refractivity contribution in [2.24, 2.45) is 0 Å². The Morgan fingerprint density at radius 2 is 1.29 bits per heavy atom. The molecule has 5 nitrogen and oxygen atoms in total. The van der Waals surface area contributed by atoms with Gasteiger partial charge in [0.2, 0.25) is 10.0 Å². The van der Waals surface area contributed by atoms with Gasteiger partial charge in [0.1, 0.15) is 23.5 Å². The van der Waals surface area contributed by atoms with E-state index in [0.717, 1.165) is 15.7 Å². The average Bonchev–Trinajstić information content (AvgIpc) is 2.26. The monoisotopic (exact) mass is 327 g/mol. The summed E-state index contributed by atoms with van der Waals surface area (Å²) >= 11 is 0. The van der Waals surface area contributed by atoms with Crippen LogP contribution in [0.5, 0.6) is 0 Å². The largest absolute Gasteiger partial charge is 0.266 e. The van der Waals surface area contributed by atoms with E-state index < -0.39 is 29.3 Å². The molecular formula is C8H15B5FNO4S2. The van der Waals surface area contributed by atoms with Gasteiger partial charge in [0, 0.05) is 4.45 Å². The molecule has 0 atom stereocenters. The van der Waals surface area contributed by atoms with Gasteiger partial charge in [-0.1, -0.05) is 18.2 Å². The number of hydrogen-bond donors (Lipinski definition) is 0. The molecule has 21 heavy (non-hydrogen) atoms. The molecule has 1 aromatic carbocycles. The van der Waals surface area contributed by atoms with Gasteiger partial charge in [-0.15, -0.1) is 0 Å². The molecule has 0 N–H and O–H groups in total. The smallest absolute Gasteiger partial charge is 0.245 e. The van der Waals surface area contributed by atoms with Crippen LogP contribution in [0.4, 0.5) is 10.1 Å². The fourth-order valence-corrected chi connectivity index (χ4v) is 5.33. The first kappa shape index (κ1) is 18.2. The van der Waals surface area contributed by atoms with Gasteiger partial charge in [-0.3, -0.25) is 0 Å². The van der Waals surface area contributed by atoms with Crippen molar-refractivity contribution in [3.05, 3.63) is 30.3 Å². The number of anilines is 1. The predicted molar refractivity (Wildman–Crippen MR) is 96.1 cm³/mol. The van der Waals surface area contributed by atoms with Crippen molar-refractivity contribution in [2.75, 3.05) is 3.71 Å². The second kappa shape index (κ2) is 5.42. The summed E-state index contributed by atoms with van der Waals surface area (Å²) in [6.45, 7) is 0. The molecule has 0 radical (unpaired) electrons. The topological polar surface area (TPSA) is 71.5 Å². The number of alkyl halides is 1. The van der Waals surface area contributed by atoms with E-state index in [4.69, 9.17) is 0 Å². The molecule has 0 bridgehead atoms. The lowest BCUT2D eigenvalue weighted by Gasteiger charge is -2.34. The highest BCUT2D eigenvalue weighted by Crippen LogP contribution is 2.30. The lowest BCUT2D eigenvalue weighted by Crippen LogP contribution is -2.57. The van der Waals surface area contributed by atoms with Crippen molar-refractivity contribution >= 4 is 65.0 Å². The maximum atomic E-state index is 14.1. The number of hydrogen-bond acceptors (Lipinski definition) is 4. The highest BCUT2D eigenvalue weighted by molar-refractivity contribution is 8.14. The van der Waals surface area contributed by atoms with Crippen molar-refractivity contribution in [3.63, 3.8) is 0 Å². The Labute approximate surface area is 129 Å². The number of benzene rings is 1. The third-order valence-corrected chi connectivity index (χ3v) is 8.04. The van der Waals surface area contributed by atoms with Crippen LogP contribution in [0.1, 0.15) is 0 Å². The van der Waals surface area contributed by atoms with Crippen molar-refractivity contribution < 1.29 is 21.2 Å². The van der Waals surface area contributed by atoms with Gasteiger partial charge >= 0.3 is 0 Å². The van der Waals surface area contributed by atoms with Crippen molar-refractivity contribution in [1.29, 1.82) is 0 Å². The van der Waals surface area contributed by atoms with Gasteiger partial charge in [-0.2, -0.15) is 3.71 Å². The van der Waals surface area contributed by atoms with Gasteiger partial charge in [0.15, 0.2) is 20.5 Å². The van der Waals surface area contributed by atoms with E-state index in [2.05, 4.69) is 0 Å². The minimum atomic E-state index is -4.75. The Kier molecular flexibility index (Phi) is 4.71. The summed E-state index contributed by atoms with van der Waals surface area (Å²) in [4.78, 5) is -2.73. The van der Waals surface area contributed by atoms with Crippen LogP contribution in [0.25, 0.3) is 0 Å². The predicted octanol–water partition coefficient (Wildman–Crippen LogP) is -4.49. The first-order valence-corrected chi connectivity index (χ1v) is 9.14. The van der Waals surface area contributed by atoms with Crippen molar-refractivity contribution in [2.45, 2.75) is 9.24 Å². The van der Waals surface area contributed by atoms with Crippen molar-refractivity contribution in [1.82, 2.24) is 0 Å². The maximum Gasteiger partial charge on any atom is 0.266 e. The second-order valence-corrected chi connectivity index (χ2v) is 11.1. The summed E-state index contributed by atoms with van der Waals surface area (Å²) in [5.41, 5.74) is -0.113. The lowest BCUT2D eigenvalue weighted by molar-refractivity contribution is 0.468. The van der Waals surface area contributed by atoms with Gasteiger partial charge in [-0.25, -0.2) is 21.2 Å². The third kappa shape index (κ3) is 3.34. The molecule has 0 aliphatic heterocycles. The SMILES string of the molecule is BC(B)(B)S(=O)(=O)N(c1ccccc1)S(=O)(=O)C(B)(B)F. The number of rotatable bonds is 5. The van der Waals surface area contributed by atoms with Crippen molar-refractivity contribution in [3.8, 4) is 0 Å². The fraction of sp³-hybridized carbons (Fsp3) is 0.250. The molecule has 1 aromatic rings. The van der Waals surface area contributed by atoms with Crippen LogP contribution >= 0.6 is 0 Å². The summed E-state index contributed by atoms with van der Waals surface area (Å²) in [5, 5.41) is 0. The minimum Gasteiger partial charge on any atom is -0.245 e. The summed E-state index contributed by atoms with van der Waals surface area (Å²) in [5.74, 6) is 0. The highest BCUT2D eigenvalue weighted by Gasteiger charge is 2.48. The quantitative estimate of drug-likeness (QED) is 0.512. The van der Waals surface area contributed by atoms with E-state index in [1.54, 1.807) is 6.07 Å². The van der Waals surface area contributed by atoms with E-state index >= 15 is 0 Å². The van der Waals surface area contributed by atoms with Gasteiger partial charge in [0.05, 0.1) is 5.69 Å². The Balaban J connectivity index is 3.72. The molecule has 1 rings (SSSR count). The molecule has 0 saturated heterocycles. The average molecular weight is 326 g/mol. The van der Waals surface area contributed by atoms with Crippen LogP contribution in [0.2, 0.25) is 0 Å². The molecule has 0 aromatic heterocycles. The number of halogens is 1. The zero-order valence-corrected chi connectivity index (χ0v) is 14.3. The van der Waals surface area contributed by atoms with Gasteiger partial charge < -0.3 is 0 Å². The summed E-state index contributed by atoms with van der Waals surface area (Å²) in [6.07, 6.45) is 0. The summed E-state index contributed by atoms with van der Waals surface area (Å²) in [7, 11) is -3.37. The molecule has 0 saturated carbocycles. The normalized spacial score (nSPS) is 13.8. The van der Waals surface area contributed by atoms with Gasteiger partial charge in [0.25, 0.3) is 10.0 Å². The number of para-hydroxylation sites is 1. The second-order valence-electron chi connectivity index (χ2n) is 6.02. The molecular weight excluding hydrogens is 311 g/mol. The van der Waals surface area contributed by atoms with Crippen LogP contribution in [-0.2, 0) is 20.0 Å². The highest BCUT2D eigenvalue weighted by atomic mass is 32.3. The zero-order chi connectivity index (χ0) is 16.7. The Bertz CT molecular complexity index is 667. The van der Waals surface area contributed by atoms with Gasteiger partial charge in [-0.05, 0) is 12.1 Å². The molecule has 110 valence electrons. The van der Waals surface area contributed by atoms with E-state index in [0.29, 0.717) is 0 Å². The first-order chi connectivity index (χ1) is 9.23. The Morgan fingerprint density at radius 1 is 0.857 bits per heavy atom. The van der Waals surface area contributed by atoms with E-state index in [1.807, 2.05) is 0 Å². The third-order valence-electron chi connectivity index (χ3n) is 2.79. The summed E-state index contributed by atoms with van der Waals surface area (Å²) in [6, 6.07) is 7.21. The molecule has 0 amide bonds. The minimum absolute atomic E-state index is 0.113. The molecule has 0 aliphatic carbocycles.